The average Bonchev–Trinajstić information content (AvgIpc) is 3.60. The van der Waals surface area contributed by atoms with Crippen LogP contribution in [0.3, 0.4) is 0 Å². The molecule has 0 aliphatic rings. The molecule has 5 rings (SSSR count). The first-order chi connectivity index (χ1) is 18.3. The lowest BCUT2D eigenvalue weighted by Crippen LogP contribution is -2.21. The number of nitrogens with zero attached hydrogens (tertiary/aromatic N) is 4. The van der Waals surface area contributed by atoms with Crippen LogP contribution in [0.15, 0.2) is 67.4 Å². The highest BCUT2D eigenvalue weighted by Crippen LogP contribution is 2.34. The Labute approximate surface area is 223 Å². The summed E-state index contributed by atoms with van der Waals surface area (Å²) < 4.78 is 13.6. The fraction of sp³-hybridized carbons (Fsp3) is 0.138. The summed E-state index contributed by atoms with van der Waals surface area (Å²) >= 11 is 1.10. The second-order valence-corrected chi connectivity index (χ2v) is 10.4. The Morgan fingerprint density at radius 1 is 1.16 bits per heavy atom. The Kier molecular flexibility index (Phi) is 7.04. The van der Waals surface area contributed by atoms with Gasteiger partial charge in [-0.3, -0.25) is 15.1 Å². The standard InChI is InChI=1S/C29H28FN7S/c1-17(20-10-21(13-31-12-20)33-18(2)16-37(4)5)6-7-24-19(3)29(36-35-24)25-11-22-23(14-32-15-26(22)34-25)27-8-9-28(30)38-27/h6-15,33-35H,2-3,16H2,1,4-5H3/b17-6+,24-7+. The van der Waals surface area contributed by atoms with Gasteiger partial charge in [0.1, 0.15) is 5.69 Å². The lowest BCUT2D eigenvalue weighted by molar-refractivity contribution is 0.447. The third-order valence-electron chi connectivity index (χ3n) is 6.06. The van der Waals surface area contributed by atoms with Crippen molar-refractivity contribution >= 4 is 46.2 Å². The number of nitrogens with one attached hydrogen (secondary N) is 3. The Balaban J connectivity index is 1.42. The summed E-state index contributed by atoms with van der Waals surface area (Å²) in [5, 5.41) is 13.2. The molecule has 0 bridgehead atoms. The number of thiophene rings is 1. The van der Waals surface area contributed by atoms with Gasteiger partial charge in [-0.25, -0.2) is 0 Å². The number of hydrogen-bond acceptors (Lipinski definition) is 6. The van der Waals surface area contributed by atoms with Crippen molar-refractivity contribution in [2.24, 2.45) is 0 Å². The molecule has 9 heteroatoms. The van der Waals surface area contributed by atoms with E-state index in [0.29, 0.717) is 5.69 Å². The number of H-pyrrole nitrogens is 2. The summed E-state index contributed by atoms with van der Waals surface area (Å²) in [6, 6.07) is 7.30. The molecule has 0 aliphatic carbocycles. The molecule has 0 atom stereocenters. The number of anilines is 1. The molecule has 7 nitrogen and oxygen atoms in total. The van der Waals surface area contributed by atoms with Crippen LogP contribution in [-0.2, 0) is 0 Å². The summed E-state index contributed by atoms with van der Waals surface area (Å²) in [4.78, 5) is 15.0. The maximum Gasteiger partial charge on any atom is 0.176 e. The molecule has 0 aliphatic heterocycles. The lowest BCUT2D eigenvalue weighted by atomic mass is 10.1. The summed E-state index contributed by atoms with van der Waals surface area (Å²) in [6.45, 7) is 11.1. The first-order valence-electron chi connectivity index (χ1n) is 12.0. The van der Waals surface area contributed by atoms with Gasteiger partial charge in [0.05, 0.1) is 34.6 Å². The molecule has 0 aromatic carbocycles. The van der Waals surface area contributed by atoms with Crippen LogP contribution < -0.4 is 15.9 Å². The van der Waals surface area contributed by atoms with E-state index in [1.807, 2.05) is 51.5 Å². The fourth-order valence-electron chi connectivity index (χ4n) is 4.23. The number of aromatic nitrogens is 5. The highest BCUT2D eigenvalue weighted by atomic mass is 32.1. The summed E-state index contributed by atoms with van der Waals surface area (Å²) in [5.74, 6) is 0. The Morgan fingerprint density at radius 3 is 2.74 bits per heavy atom. The molecule has 0 unspecified atom stereocenters. The molecule has 0 radical (unpaired) electrons. The third kappa shape index (κ3) is 5.34. The number of halogens is 1. The molecule has 5 aromatic rings. The van der Waals surface area contributed by atoms with E-state index in [-0.39, 0.29) is 5.13 Å². The van der Waals surface area contributed by atoms with Gasteiger partial charge in [0, 0.05) is 45.7 Å². The Bertz CT molecular complexity index is 1770. The summed E-state index contributed by atoms with van der Waals surface area (Å²) in [6.07, 6.45) is 11.1. The van der Waals surface area contributed by atoms with Gasteiger partial charge in [0.25, 0.3) is 0 Å². The minimum Gasteiger partial charge on any atom is -0.357 e. The predicted molar refractivity (Wildman–Crippen MR) is 155 cm³/mol. The number of hydrogen-bond donors (Lipinski definition) is 3. The van der Waals surface area contributed by atoms with Crippen LogP contribution in [0.5, 0.6) is 0 Å². The van der Waals surface area contributed by atoms with Crippen LogP contribution in [-0.4, -0.2) is 50.7 Å². The number of fused-ring (bicyclic) bond motifs is 1. The quantitative estimate of drug-likeness (QED) is 0.266. The molecule has 38 heavy (non-hydrogen) atoms. The van der Waals surface area contributed by atoms with E-state index in [9.17, 15) is 4.39 Å². The largest absolute Gasteiger partial charge is 0.357 e. The topological polar surface area (TPSA) is 85.5 Å². The van der Waals surface area contributed by atoms with Crippen molar-refractivity contribution in [1.29, 1.82) is 0 Å². The summed E-state index contributed by atoms with van der Waals surface area (Å²) in [5.41, 5.74) is 7.08. The first-order valence-corrected chi connectivity index (χ1v) is 12.8. The van der Waals surface area contributed by atoms with Crippen molar-refractivity contribution in [3.8, 4) is 21.8 Å². The maximum atomic E-state index is 13.6. The van der Waals surface area contributed by atoms with Crippen LogP contribution in [0.1, 0.15) is 12.5 Å². The van der Waals surface area contributed by atoms with Crippen molar-refractivity contribution in [3.63, 3.8) is 0 Å². The van der Waals surface area contributed by atoms with Gasteiger partial charge in [-0.05, 0) is 62.5 Å². The van der Waals surface area contributed by atoms with Crippen LogP contribution >= 0.6 is 11.3 Å². The van der Waals surface area contributed by atoms with E-state index in [0.717, 1.165) is 78.0 Å². The van der Waals surface area contributed by atoms with E-state index in [1.54, 1.807) is 24.7 Å². The molecule has 0 saturated carbocycles. The number of likely N-dealkylation sites (N-methyl/N-ethyl adjacent to an activating group) is 1. The Hall–Kier alpha value is -4.34. The van der Waals surface area contributed by atoms with Gasteiger partial charge in [0.15, 0.2) is 5.13 Å². The second kappa shape index (κ2) is 10.6. The molecule has 0 spiro atoms. The molecule has 5 aromatic heterocycles. The van der Waals surface area contributed by atoms with Gasteiger partial charge in [-0.2, -0.15) is 9.49 Å². The SMILES string of the molecule is C=C(CN(C)C)Nc1cncc(/C(C)=C/C=c2/[nH]nc(-c3cc4c(-c5ccc(F)s5)cncc4[nH]3)c2=C)c1. The highest BCUT2D eigenvalue weighted by Gasteiger charge is 2.13. The average molecular weight is 526 g/mol. The molecule has 192 valence electrons. The van der Waals surface area contributed by atoms with Crippen LogP contribution in [0, 0.1) is 5.13 Å². The number of pyridine rings is 2. The molecule has 0 saturated heterocycles. The molecule has 3 N–H and O–H groups in total. The molecule has 5 heterocycles. The number of aromatic amines is 2. The number of allylic oxidation sites excluding steroid dienone is 2. The third-order valence-corrected chi connectivity index (χ3v) is 6.97. The van der Waals surface area contributed by atoms with Crippen molar-refractivity contribution in [2.75, 3.05) is 26.0 Å². The minimum atomic E-state index is -0.225. The van der Waals surface area contributed by atoms with E-state index in [1.165, 1.54) is 6.07 Å². The molecular formula is C29H28FN7S. The van der Waals surface area contributed by atoms with Crippen LogP contribution in [0.4, 0.5) is 10.1 Å². The van der Waals surface area contributed by atoms with Gasteiger partial charge in [-0.15, -0.1) is 11.3 Å². The zero-order valence-corrected chi connectivity index (χ0v) is 22.3. The van der Waals surface area contributed by atoms with Crippen molar-refractivity contribution in [3.05, 3.63) is 88.7 Å². The minimum absolute atomic E-state index is 0.225. The van der Waals surface area contributed by atoms with E-state index < -0.39 is 0 Å². The van der Waals surface area contributed by atoms with Gasteiger partial charge in [0.2, 0.25) is 0 Å². The fourth-order valence-corrected chi connectivity index (χ4v) is 4.98. The van der Waals surface area contributed by atoms with Crippen LogP contribution in [0.25, 0.3) is 51.0 Å². The maximum absolute atomic E-state index is 13.6. The lowest BCUT2D eigenvalue weighted by Gasteiger charge is -2.14. The number of rotatable bonds is 8. The highest BCUT2D eigenvalue weighted by molar-refractivity contribution is 7.14. The molecule has 0 amide bonds. The van der Waals surface area contributed by atoms with E-state index >= 15 is 0 Å². The summed E-state index contributed by atoms with van der Waals surface area (Å²) in [7, 11) is 4.00. The van der Waals surface area contributed by atoms with Crippen molar-refractivity contribution in [1.82, 2.24) is 30.0 Å². The van der Waals surface area contributed by atoms with Gasteiger partial charge in [-0.1, -0.05) is 19.2 Å². The smallest absolute Gasteiger partial charge is 0.176 e. The zero-order chi connectivity index (χ0) is 26.8. The van der Waals surface area contributed by atoms with Gasteiger partial charge < -0.3 is 15.2 Å². The first kappa shape index (κ1) is 25.3. The van der Waals surface area contributed by atoms with E-state index in [4.69, 9.17) is 0 Å². The molecular weight excluding hydrogens is 497 g/mol. The Morgan fingerprint density at radius 2 is 1.97 bits per heavy atom. The van der Waals surface area contributed by atoms with E-state index in [2.05, 4.69) is 48.5 Å². The van der Waals surface area contributed by atoms with Crippen LogP contribution in [0.2, 0.25) is 0 Å². The normalized spacial score (nSPS) is 12.6. The predicted octanol–water partition coefficient (Wildman–Crippen LogP) is 5.00. The second-order valence-electron chi connectivity index (χ2n) is 9.34. The van der Waals surface area contributed by atoms with Gasteiger partial charge >= 0.3 is 0 Å². The zero-order valence-electron chi connectivity index (χ0n) is 21.5. The monoisotopic (exact) mass is 525 g/mol. The molecule has 0 fully saturated rings. The van der Waals surface area contributed by atoms with Crippen molar-refractivity contribution in [2.45, 2.75) is 6.92 Å². The van der Waals surface area contributed by atoms with Crippen molar-refractivity contribution < 1.29 is 4.39 Å².